The molecule has 0 unspecified atom stereocenters. The SMILES string of the molecule is CCOc1ccc(/C=C2\C(=O)NC(=O)N(c3cc4c5c(c3)[C@H](c3ccccc3)CCN5CC[C@@H]4c3ccccc3)C2=O)cc1. The second kappa shape index (κ2) is 11.5. The number of urea groups is 1. The van der Waals surface area contributed by atoms with Crippen LogP contribution in [-0.2, 0) is 9.59 Å². The van der Waals surface area contributed by atoms with Crippen LogP contribution in [0.1, 0.15) is 59.4 Å². The highest BCUT2D eigenvalue weighted by Crippen LogP contribution is 2.50. The van der Waals surface area contributed by atoms with Crippen molar-refractivity contribution >= 4 is 35.3 Å². The van der Waals surface area contributed by atoms with Gasteiger partial charge in [-0.3, -0.25) is 14.9 Å². The molecule has 0 aromatic heterocycles. The lowest BCUT2D eigenvalue weighted by Gasteiger charge is -2.44. The van der Waals surface area contributed by atoms with E-state index in [1.165, 1.54) is 22.9 Å². The number of hydrogen-bond acceptors (Lipinski definition) is 5. The van der Waals surface area contributed by atoms with Crippen molar-refractivity contribution in [3.05, 3.63) is 130 Å². The van der Waals surface area contributed by atoms with Crippen LogP contribution in [0, 0.1) is 0 Å². The number of hydrogen-bond donors (Lipinski definition) is 1. The van der Waals surface area contributed by atoms with Crippen LogP contribution in [0.4, 0.5) is 16.2 Å². The first kappa shape index (κ1) is 27.7. The van der Waals surface area contributed by atoms with E-state index in [1.54, 1.807) is 24.3 Å². The zero-order valence-electron chi connectivity index (χ0n) is 24.5. The molecule has 220 valence electrons. The molecule has 1 fully saturated rings. The first-order chi connectivity index (χ1) is 21.5. The van der Waals surface area contributed by atoms with Crippen molar-refractivity contribution in [1.29, 1.82) is 0 Å². The Morgan fingerprint density at radius 2 is 1.36 bits per heavy atom. The molecule has 1 N–H and O–H groups in total. The second-order valence-electron chi connectivity index (χ2n) is 11.4. The van der Waals surface area contributed by atoms with Crippen LogP contribution in [0.25, 0.3) is 6.08 Å². The maximum absolute atomic E-state index is 14.0. The van der Waals surface area contributed by atoms with Crippen molar-refractivity contribution in [2.75, 3.05) is 29.5 Å². The molecule has 4 aromatic carbocycles. The first-order valence-corrected chi connectivity index (χ1v) is 15.2. The Balaban J connectivity index is 1.36. The van der Waals surface area contributed by atoms with Crippen molar-refractivity contribution in [2.45, 2.75) is 31.6 Å². The zero-order chi connectivity index (χ0) is 30.2. The fourth-order valence-corrected chi connectivity index (χ4v) is 6.85. The van der Waals surface area contributed by atoms with Crippen molar-refractivity contribution in [3.8, 4) is 5.75 Å². The van der Waals surface area contributed by atoms with Crippen molar-refractivity contribution < 1.29 is 19.1 Å². The van der Waals surface area contributed by atoms with Crippen LogP contribution < -0.4 is 19.9 Å². The van der Waals surface area contributed by atoms with Gasteiger partial charge in [0.05, 0.1) is 12.3 Å². The molecule has 7 heteroatoms. The fraction of sp³-hybridized carbons (Fsp3) is 0.216. The molecule has 4 amide bonds. The highest BCUT2D eigenvalue weighted by Gasteiger charge is 2.40. The van der Waals surface area contributed by atoms with E-state index >= 15 is 0 Å². The summed E-state index contributed by atoms with van der Waals surface area (Å²) >= 11 is 0. The Morgan fingerprint density at radius 3 is 1.91 bits per heavy atom. The highest BCUT2D eigenvalue weighted by molar-refractivity contribution is 6.39. The minimum Gasteiger partial charge on any atom is -0.494 e. The highest BCUT2D eigenvalue weighted by atomic mass is 16.5. The monoisotopic (exact) mass is 583 g/mol. The van der Waals surface area contributed by atoms with Crippen LogP contribution in [0.5, 0.6) is 5.75 Å². The number of anilines is 2. The van der Waals surface area contributed by atoms with E-state index in [9.17, 15) is 14.4 Å². The molecule has 0 spiro atoms. The number of barbiturate groups is 1. The van der Waals surface area contributed by atoms with Crippen molar-refractivity contribution in [3.63, 3.8) is 0 Å². The van der Waals surface area contributed by atoms with Gasteiger partial charge >= 0.3 is 6.03 Å². The molecule has 0 aliphatic carbocycles. The summed E-state index contributed by atoms with van der Waals surface area (Å²) in [5, 5.41) is 2.41. The van der Waals surface area contributed by atoms with Gasteiger partial charge in [0.15, 0.2) is 0 Å². The summed E-state index contributed by atoms with van der Waals surface area (Å²) < 4.78 is 5.52. The van der Waals surface area contributed by atoms with Gasteiger partial charge in [0, 0.05) is 30.6 Å². The largest absolute Gasteiger partial charge is 0.494 e. The molecule has 0 bridgehead atoms. The second-order valence-corrected chi connectivity index (χ2v) is 11.4. The summed E-state index contributed by atoms with van der Waals surface area (Å²) in [5.74, 6) is -0.433. The molecule has 7 rings (SSSR count). The predicted molar refractivity (Wildman–Crippen MR) is 171 cm³/mol. The molecule has 3 aliphatic rings. The predicted octanol–water partition coefficient (Wildman–Crippen LogP) is 6.63. The topological polar surface area (TPSA) is 79.0 Å². The van der Waals surface area contributed by atoms with Gasteiger partial charge in [-0.15, -0.1) is 0 Å². The average Bonchev–Trinajstić information content (AvgIpc) is 3.05. The first-order valence-electron chi connectivity index (χ1n) is 15.2. The summed E-state index contributed by atoms with van der Waals surface area (Å²) in [6.07, 6.45) is 3.38. The molecular weight excluding hydrogens is 550 g/mol. The van der Waals surface area contributed by atoms with Gasteiger partial charge in [0.1, 0.15) is 11.3 Å². The summed E-state index contributed by atoms with van der Waals surface area (Å²) in [6.45, 7) is 4.32. The third kappa shape index (κ3) is 4.94. The maximum Gasteiger partial charge on any atom is 0.335 e. The number of rotatable bonds is 6. The zero-order valence-corrected chi connectivity index (χ0v) is 24.5. The molecule has 1 saturated heterocycles. The minimum atomic E-state index is -0.744. The third-order valence-corrected chi connectivity index (χ3v) is 8.86. The van der Waals surface area contributed by atoms with E-state index in [2.05, 4.69) is 58.7 Å². The maximum atomic E-state index is 14.0. The van der Waals surface area contributed by atoms with E-state index in [1.807, 2.05) is 31.2 Å². The van der Waals surface area contributed by atoms with Crippen LogP contribution in [0.3, 0.4) is 0 Å². The average molecular weight is 584 g/mol. The van der Waals surface area contributed by atoms with Crippen LogP contribution in [0.15, 0.2) is 103 Å². The molecule has 4 aromatic rings. The smallest absolute Gasteiger partial charge is 0.335 e. The molecule has 2 atom stereocenters. The molecule has 3 heterocycles. The van der Waals surface area contributed by atoms with E-state index < -0.39 is 17.8 Å². The number of carbonyl (C=O) groups is 3. The molecule has 7 nitrogen and oxygen atoms in total. The molecule has 3 aliphatic heterocycles. The number of benzene rings is 4. The minimum absolute atomic E-state index is 0.0963. The van der Waals surface area contributed by atoms with E-state index in [0.29, 0.717) is 23.6 Å². The number of nitrogens with one attached hydrogen (secondary N) is 1. The number of nitrogens with zero attached hydrogens (tertiary/aromatic N) is 2. The Bertz CT molecular complexity index is 1690. The summed E-state index contributed by atoms with van der Waals surface area (Å²) in [5.41, 5.74) is 6.84. The lowest BCUT2D eigenvalue weighted by molar-refractivity contribution is -0.122. The van der Waals surface area contributed by atoms with Crippen LogP contribution >= 0.6 is 0 Å². The summed E-state index contributed by atoms with van der Waals surface area (Å²) in [6, 6.07) is 31.2. The normalized spacial score (nSPS) is 20.4. The number of amides is 4. The van der Waals surface area contributed by atoms with E-state index in [4.69, 9.17) is 4.74 Å². The number of ether oxygens (including phenoxy) is 1. The lowest BCUT2D eigenvalue weighted by Crippen LogP contribution is -2.54. The number of carbonyl (C=O) groups excluding carboxylic acids is 3. The van der Waals surface area contributed by atoms with Gasteiger partial charge in [-0.1, -0.05) is 72.8 Å². The molecule has 0 saturated carbocycles. The molecule has 0 radical (unpaired) electrons. The Labute approximate surface area is 256 Å². The van der Waals surface area contributed by atoms with Gasteiger partial charge < -0.3 is 9.64 Å². The Morgan fingerprint density at radius 1 is 0.795 bits per heavy atom. The standard InChI is InChI=1S/C37H33N3O4/c1-2-44-28-15-13-24(14-16-28)21-33-35(41)38-37(43)40(36(33)42)27-22-31-29(25-9-5-3-6-10-25)17-19-39-20-18-30(32(23-27)34(31)39)26-11-7-4-8-12-26/h3-16,21-23,29-30H,2,17-20H2,1H3,(H,38,41,43)/b33-21+/t29-,30+. The third-order valence-electron chi connectivity index (χ3n) is 8.86. The van der Waals surface area contributed by atoms with Gasteiger partial charge in [-0.05, 0) is 77.9 Å². The Kier molecular flexibility index (Phi) is 7.22. The molecular formula is C37H33N3O4. The lowest BCUT2D eigenvalue weighted by atomic mass is 9.76. The van der Waals surface area contributed by atoms with E-state index in [0.717, 1.165) is 42.0 Å². The summed E-state index contributed by atoms with van der Waals surface area (Å²) in [7, 11) is 0. The van der Waals surface area contributed by atoms with Gasteiger partial charge in [0.25, 0.3) is 11.8 Å². The van der Waals surface area contributed by atoms with Gasteiger partial charge in [0.2, 0.25) is 0 Å². The van der Waals surface area contributed by atoms with E-state index in [-0.39, 0.29) is 17.4 Å². The molecule has 44 heavy (non-hydrogen) atoms. The quantitative estimate of drug-likeness (QED) is 0.204. The van der Waals surface area contributed by atoms with Crippen molar-refractivity contribution in [2.24, 2.45) is 0 Å². The van der Waals surface area contributed by atoms with Gasteiger partial charge in [-0.2, -0.15) is 0 Å². The van der Waals surface area contributed by atoms with Crippen molar-refractivity contribution in [1.82, 2.24) is 5.32 Å². The van der Waals surface area contributed by atoms with Gasteiger partial charge in [-0.25, -0.2) is 9.69 Å². The van der Waals surface area contributed by atoms with Crippen LogP contribution in [0.2, 0.25) is 0 Å². The number of imide groups is 2. The van der Waals surface area contributed by atoms with Crippen LogP contribution in [-0.4, -0.2) is 37.5 Å². The fourth-order valence-electron chi connectivity index (χ4n) is 6.85. The Hall–Kier alpha value is -5.17. The summed E-state index contributed by atoms with van der Waals surface area (Å²) in [4.78, 5) is 43.9.